The van der Waals surface area contributed by atoms with Gasteiger partial charge in [-0.15, -0.1) is 0 Å². The van der Waals surface area contributed by atoms with Gasteiger partial charge in [-0.2, -0.15) is 0 Å². The Morgan fingerprint density at radius 3 is 2.86 bits per heavy atom. The number of rotatable bonds is 5. The number of esters is 1. The average Bonchev–Trinajstić information content (AvgIpc) is 2.82. The van der Waals surface area contributed by atoms with Gasteiger partial charge in [0.05, 0.1) is 13.7 Å². The number of aromatic nitrogens is 2. The molecular weight excluding hydrogens is 313 g/mol. The van der Waals surface area contributed by atoms with Crippen LogP contribution < -0.4 is 5.32 Å². The number of benzene rings is 1. The van der Waals surface area contributed by atoms with Crippen LogP contribution in [0, 0.1) is 0 Å². The molecule has 7 heteroatoms. The molecule has 0 radical (unpaired) electrons. The second-order valence-electron chi connectivity index (χ2n) is 4.09. The highest BCUT2D eigenvalue weighted by Crippen LogP contribution is 2.20. The zero-order chi connectivity index (χ0) is 15.2. The second kappa shape index (κ2) is 7.15. The summed E-state index contributed by atoms with van der Waals surface area (Å²) in [7, 11) is 1.33. The van der Waals surface area contributed by atoms with E-state index in [-0.39, 0.29) is 5.15 Å². The largest absolute Gasteiger partial charge is 0.466 e. The van der Waals surface area contributed by atoms with Crippen molar-refractivity contribution in [2.24, 2.45) is 0 Å². The molecule has 0 amide bonds. The van der Waals surface area contributed by atoms with Crippen LogP contribution in [0.3, 0.4) is 0 Å². The zero-order valence-electron chi connectivity index (χ0n) is 11.2. The molecule has 0 aliphatic carbocycles. The predicted molar refractivity (Wildman–Crippen MR) is 83.4 cm³/mol. The molecule has 0 fully saturated rings. The number of aromatic amines is 1. The minimum atomic E-state index is -0.408. The zero-order valence-corrected chi connectivity index (χ0v) is 12.7. The topological polar surface area (TPSA) is 67.0 Å². The summed E-state index contributed by atoms with van der Waals surface area (Å²) in [6.07, 6.45) is 3.04. The Labute approximate surface area is 131 Å². The van der Waals surface area contributed by atoms with Gasteiger partial charge in [0.15, 0.2) is 5.15 Å². The Bertz CT molecular complexity index is 648. The first-order chi connectivity index (χ1) is 10.1. The van der Waals surface area contributed by atoms with E-state index in [2.05, 4.69) is 20.0 Å². The van der Waals surface area contributed by atoms with Crippen molar-refractivity contribution >= 4 is 40.9 Å². The first-order valence-corrected chi connectivity index (χ1v) is 6.84. The monoisotopic (exact) mass is 325 g/mol. The Morgan fingerprint density at radius 2 is 2.19 bits per heavy atom. The van der Waals surface area contributed by atoms with Gasteiger partial charge in [0.1, 0.15) is 11.0 Å². The molecule has 0 spiro atoms. The molecule has 110 valence electrons. The number of H-pyrrole nitrogens is 1. The molecule has 0 aliphatic heterocycles. The van der Waals surface area contributed by atoms with Gasteiger partial charge in [0, 0.05) is 11.8 Å². The molecule has 1 heterocycles. The van der Waals surface area contributed by atoms with Gasteiger partial charge in [-0.1, -0.05) is 41.4 Å². The number of methoxy groups -OCH3 is 1. The van der Waals surface area contributed by atoms with Gasteiger partial charge in [-0.05, 0) is 17.7 Å². The summed E-state index contributed by atoms with van der Waals surface area (Å²) in [6.45, 7) is 0.426. The maximum atomic E-state index is 11.1. The molecule has 0 saturated heterocycles. The smallest absolute Gasteiger partial charge is 0.330 e. The molecule has 2 N–H and O–H groups in total. The molecule has 2 aromatic rings. The van der Waals surface area contributed by atoms with Crippen LogP contribution in [0.1, 0.15) is 11.4 Å². The highest BCUT2D eigenvalue weighted by Gasteiger charge is 2.06. The van der Waals surface area contributed by atoms with Crippen LogP contribution in [0.25, 0.3) is 6.08 Å². The molecule has 0 aliphatic rings. The highest BCUT2D eigenvalue weighted by molar-refractivity contribution is 6.40. The first kappa shape index (κ1) is 15.4. The van der Waals surface area contributed by atoms with Crippen LogP contribution in [0.4, 0.5) is 5.69 Å². The lowest BCUT2D eigenvalue weighted by atomic mass is 10.1. The molecular formula is C14H13Cl2N3O2. The second-order valence-corrected chi connectivity index (χ2v) is 4.82. The number of imidazole rings is 1. The van der Waals surface area contributed by atoms with Crippen molar-refractivity contribution in [1.29, 1.82) is 0 Å². The third kappa shape index (κ3) is 4.24. The minimum absolute atomic E-state index is 0.243. The van der Waals surface area contributed by atoms with Crippen molar-refractivity contribution in [3.05, 3.63) is 52.0 Å². The number of hydrogen-bond donors (Lipinski definition) is 2. The minimum Gasteiger partial charge on any atom is -0.466 e. The van der Waals surface area contributed by atoms with Crippen LogP contribution in [0.15, 0.2) is 30.3 Å². The molecule has 1 aromatic carbocycles. The highest BCUT2D eigenvalue weighted by atomic mass is 35.5. The van der Waals surface area contributed by atoms with Gasteiger partial charge < -0.3 is 15.0 Å². The van der Waals surface area contributed by atoms with E-state index in [0.717, 1.165) is 11.3 Å². The molecule has 0 bridgehead atoms. The van der Waals surface area contributed by atoms with Crippen molar-refractivity contribution in [1.82, 2.24) is 9.97 Å². The van der Waals surface area contributed by atoms with Crippen LogP contribution in [0.5, 0.6) is 0 Å². The molecule has 0 unspecified atom stereocenters. The Kier molecular flexibility index (Phi) is 5.25. The molecule has 5 nitrogen and oxygen atoms in total. The molecule has 0 atom stereocenters. The standard InChI is InChI=1S/C14H13Cl2N3O2/c1-21-12(20)7-6-9-4-2-3-5-10(9)17-8-11-18-13(15)14(16)19-11/h2-7,17H,8H2,1H3,(H,18,19). The number of carbonyl (C=O) groups excluding carboxylic acids is 1. The van der Waals surface area contributed by atoms with E-state index in [1.54, 1.807) is 6.08 Å². The summed E-state index contributed by atoms with van der Waals surface area (Å²) in [5.41, 5.74) is 1.70. The van der Waals surface area contributed by atoms with Gasteiger partial charge >= 0.3 is 5.97 Å². The normalized spacial score (nSPS) is 10.8. The summed E-state index contributed by atoms with van der Waals surface area (Å²) in [4.78, 5) is 18.1. The van der Waals surface area contributed by atoms with E-state index in [9.17, 15) is 4.79 Å². The van der Waals surface area contributed by atoms with E-state index in [1.807, 2.05) is 24.3 Å². The van der Waals surface area contributed by atoms with Crippen LogP contribution in [0.2, 0.25) is 10.3 Å². The fourth-order valence-corrected chi connectivity index (χ4v) is 1.97. The quantitative estimate of drug-likeness (QED) is 0.652. The predicted octanol–water partition coefficient (Wildman–Crippen LogP) is 3.51. The average molecular weight is 326 g/mol. The fourth-order valence-electron chi connectivity index (χ4n) is 1.67. The third-order valence-corrected chi connectivity index (χ3v) is 3.32. The van der Waals surface area contributed by atoms with Crippen molar-refractivity contribution in [3.63, 3.8) is 0 Å². The number of carbonyl (C=O) groups is 1. The van der Waals surface area contributed by atoms with E-state index < -0.39 is 5.97 Å². The van der Waals surface area contributed by atoms with Gasteiger partial charge in [-0.3, -0.25) is 0 Å². The molecule has 21 heavy (non-hydrogen) atoms. The number of ether oxygens (including phenoxy) is 1. The molecule has 1 aromatic heterocycles. The number of anilines is 1. The molecule has 0 saturated carbocycles. The van der Waals surface area contributed by atoms with E-state index in [4.69, 9.17) is 23.2 Å². The number of hydrogen-bond acceptors (Lipinski definition) is 4. The first-order valence-electron chi connectivity index (χ1n) is 6.09. The summed E-state index contributed by atoms with van der Waals surface area (Å²) in [5, 5.41) is 3.75. The molecule has 2 rings (SSSR count). The number of para-hydroxylation sites is 1. The van der Waals surface area contributed by atoms with Gasteiger partial charge in [-0.25, -0.2) is 9.78 Å². The van der Waals surface area contributed by atoms with E-state index in [0.29, 0.717) is 17.5 Å². The summed E-state index contributed by atoms with van der Waals surface area (Å²) in [5.74, 6) is 0.214. The maximum Gasteiger partial charge on any atom is 0.330 e. The number of nitrogens with one attached hydrogen (secondary N) is 2. The summed E-state index contributed by atoms with van der Waals surface area (Å²) >= 11 is 11.6. The maximum absolute atomic E-state index is 11.1. The Hall–Kier alpha value is -1.98. The lowest BCUT2D eigenvalue weighted by Crippen LogP contribution is -2.02. The van der Waals surface area contributed by atoms with Crippen LogP contribution >= 0.6 is 23.2 Å². The number of nitrogens with zero attached hydrogens (tertiary/aromatic N) is 1. The SMILES string of the molecule is COC(=O)C=Cc1ccccc1NCc1nc(Cl)c(Cl)[nH]1. The van der Waals surface area contributed by atoms with E-state index >= 15 is 0 Å². The van der Waals surface area contributed by atoms with Crippen molar-refractivity contribution in [2.75, 3.05) is 12.4 Å². The number of halogens is 2. The van der Waals surface area contributed by atoms with E-state index in [1.165, 1.54) is 13.2 Å². The third-order valence-electron chi connectivity index (χ3n) is 2.68. The van der Waals surface area contributed by atoms with Crippen molar-refractivity contribution < 1.29 is 9.53 Å². The summed E-state index contributed by atoms with van der Waals surface area (Å²) < 4.78 is 4.57. The van der Waals surface area contributed by atoms with Crippen molar-refractivity contribution in [2.45, 2.75) is 6.54 Å². The summed E-state index contributed by atoms with van der Waals surface area (Å²) in [6, 6.07) is 7.54. The van der Waals surface area contributed by atoms with Gasteiger partial charge in [0.2, 0.25) is 0 Å². The lowest BCUT2D eigenvalue weighted by molar-refractivity contribution is -0.134. The van der Waals surface area contributed by atoms with Crippen LogP contribution in [-0.2, 0) is 16.1 Å². The van der Waals surface area contributed by atoms with Crippen molar-refractivity contribution in [3.8, 4) is 0 Å². The lowest BCUT2D eigenvalue weighted by Gasteiger charge is -2.08. The Morgan fingerprint density at radius 1 is 1.43 bits per heavy atom. The Balaban J connectivity index is 2.09. The fraction of sp³-hybridized carbons (Fsp3) is 0.143. The van der Waals surface area contributed by atoms with Gasteiger partial charge in [0.25, 0.3) is 0 Å². The van der Waals surface area contributed by atoms with Crippen LogP contribution in [-0.4, -0.2) is 23.0 Å².